The SMILES string of the molecule is O=C(O)c1ccc(-n2cc(Br)cn2)c(F)c1. The Bertz CT molecular complexity index is 554. The molecule has 0 saturated heterocycles. The minimum atomic E-state index is -1.16. The summed E-state index contributed by atoms with van der Waals surface area (Å²) < 4.78 is 15.6. The molecule has 2 aromatic rings. The molecule has 4 nitrogen and oxygen atoms in total. The second-order valence-corrected chi connectivity index (χ2v) is 3.99. The molecule has 1 aromatic heterocycles. The van der Waals surface area contributed by atoms with Gasteiger partial charge in [0, 0.05) is 6.20 Å². The average molecular weight is 285 g/mol. The first-order valence-corrected chi connectivity index (χ1v) is 5.10. The monoisotopic (exact) mass is 284 g/mol. The molecular weight excluding hydrogens is 279 g/mol. The maximum absolute atomic E-state index is 13.6. The topological polar surface area (TPSA) is 55.1 Å². The highest BCUT2D eigenvalue weighted by atomic mass is 79.9. The summed E-state index contributed by atoms with van der Waals surface area (Å²) in [4.78, 5) is 10.6. The van der Waals surface area contributed by atoms with Crippen molar-refractivity contribution in [1.29, 1.82) is 0 Å². The fraction of sp³-hybridized carbons (Fsp3) is 0. The maximum Gasteiger partial charge on any atom is 0.335 e. The van der Waals surface area contributed by atoms with Crippen molar-refractivity contribution < 1.29 is 14.3 Å². The van der Waals surface area contributed by atoms with Gasteiger partial charge in [-0.2, -0.15) is 5.10 Å². The van der Waals surface area contributed by atoms with Crippen molar-refractivity contribution in [2.24, 2.45) is 0 Å². The van der Waals surface area contributed by atoms with Gasteiger partial charge in [-0.05, 0) is 34.1 Å². The van der Waals surface area contributed by atoms with Crippen LogP contribution in [0.25, 0.3) is 5.69 Å². The Morgan fingerprint density at radius 2 is 2.25 bits per heavy atom. The molecule has 0 radical (unpaired) electrons. The van der Waals surface area contributed by atoms with E-state index < -0.39 is 11.8 Å². The van der Waals surface area contributed by atoms with Gasteiger partial charge in [0.25, 0.3) is 0 Å². The molecule has 0 unspecified atom stereocenters. The Kier molecular flexibility index (Phi) is 2.74. The average Bonchev–Trinajstić information content (AvgIpc) is 2.64. The highest BCUT2D eigenvalue weighted by Gasteiger charge is 2.10. The van der Waals surface area contributed by atoms with Crippen LogP contribution in [0.5, 0.6) is 0 Å². The van der Waals surface area contributed by atoms with Crippen LogP contribution in [-0.4, -0.2) is 20.9 Å². The van der Waals surface area contributed by atoms with Crippen molar-refractivity contribution in [1.82, 2.24) is 9.78 Å². The highest BCUT2D eigenvalue weighted by molar-refractivity contribution is 9.10. The van der Waals surface area contributed by atoms with E-state index >= 15 is 0 Å². The van der Waals surface area contributed by atoms with Crippen molar-refractivity contribution in [2.45, 2.75) is 0 Å². The molecular formula is C10H6BrFN2O2. The predicted octanol–water partition coefficient (Wildman–Crippen LogP) is 2.47. The molecule has 0 aliphatic carbocycles. The van der Waals surface area contributed by atoms with E-state index in [1.165, 1.54) is 23.0 Å². The number of hydrogen-bond acceptors (Lipinski definition) is 2. The van der Waals surface area contributed by atoms with Gasteiger partial charge < -0.3 is 5.11 Å². The van der Waals surface area contributed by atoms with Gasteiger partial charge in [0.1, 0.15) is 11.5 Å². The largest absolute Gasteiger partial charge is 0.478 e. The van der Waals surface area contributed by atoms with Crippen molar-refractivity contribution in [2.75, 3.05) is 0 Å². The first-order valence-electron chi connectivity index (χ1n) is 4.31. The van der Waals surface area contributed by atoms with Crippen LogP contribution in [-0.2, 0) is 0 Å². The predicted molar refractivity (Wildman–Crippen MR) is 58.2 cm³/mol. The van der Waals surface area contributed by atoms with Crippen LogP contribution >= 0.6 is 15.9 Å². The van der Waals surface area contributed by atoms with E-state index in [1.807, 2.05) is 0 Å². The van der Waals surface area contributed by atoms with Crippen LogP contribution in [0.3, 0.4) is 0 Å². The van der Waals surface area contributed by atoms with Crippen molar-refractivity contribution in [3.05, 3.63) is 46.4 Å². The van der Waals surface area contributed by atoms with Crippen LogP contribution in [0, 0.1) is 5.82 Å². The summed E-state index contributed by atoms with van der Waals surface area (Å²) in [7, 11) is 0. The standard InChI is InChI=1S/C10H6BrFN2O2/c11-7-4-13-14(5-7)9-2-1-6(10(15)16)3-8(9)12/h1-5H,(H,15,16). The zero-order valence-electron chi connectivity index (χ0n) is 7.89. The normalized spacial score (nSPS) is 10.4. The summed E-state index contributed by atoms with van der Waals surface area (Å²) in [6.45, 7) is 0. The van der Waals surface area contributed by atoms with E-state index in [0.29, 0.717) is 4.47 Å². The van der Waals surface area contributed by atoms with Gasteiger partial charge in [0.05, 0.1) is 16.2 Å². The third kappa shape index (κ3) is 1.96. The molecule has 6 heteroatoms. The fourth-order valence-electron chi connectivity index (χ4n) is 1.26. The molecule has 16 heavy (non-hydrogen) atoms. The van der Waals surface area contributed by atoms with Crippen LogP contribution in [0.2, 0.25) is 0 Å². The molecule has 0 aliphatic rings. The van der Waals surface area contributed by atoms with Crippen LogP contribution in [0.4, 0.5) is 4.39 Å². The Balaban J connectivity index is 2.47. The molecule has 0 bridgehead atoms. The number of carboxylic acid groups (broad SMARTS) is 1. The summed E-state index contributed by atoms with van der Waals surface area (Å²) in [5.74, 6) is -1.79. The summed E-state index contributed by atoms with van der Waals surface area (Å²) >= 11 is 3.19. The zero-order chi connectivity index (χ0) is 11.7. The first-order chi connectivity index (χ1) is 7.58. The maximum atomic E-state index is 13.6. The second-order valence-electron chi connectivity index (χ2n) is 3.07. The smallest absolute Gasteiger partial charge is 0.335 e. The zero-order valence-corrected chi connectivity index (χ0v) is 9.48. The second kappa shape index (κ2) is 4.05. The van der Waals surface area contributed by atoms with E-state index in [1.54, 1.807) is 6.20 Å². The molecule has 82 valence electrons. The van der Waals surface area contributed by atoms with Crippen LogP contribution in [0.1, 0.15) is 10.4 Å². The van der Waals surface area contributed by atoms with Gasteiger partial charge >= 0.3 is 5.97 Å². The van der Waals surface area contributed by atoms with Crippen LogP contribution in [0.15, 0.2) is 35.1 Å². The molecule has 0 atom stereocenters. The molecule has 0 amide bonds. The van der Waals surface area contributed by atoms with E-state index in [9.17, 15) is 9.18 Å². The summed E-state index contributed by atoms with van der Waals surface area (Å²) in [5.41, 5.74) is 0.114. The molecule has 0 fully saturated rings. The minimum Gasteiger partial charge on any atom is -0.478 e. The number of halogens is 2. The Morgan fingerprint density at radius 1 is 1.50 bits per heavy atom. The van der Waals surface area contributed by atoms with Crippen molar-refractivity contribution in [3.63, 3.8) is 0 Å². The summed E-state index contributed by atoms with van der Waals surface area (Å²) in [6.07, 6.45) is 3.10. The third-order valence-corrected chi connectivity index (χ3v) is 2.40. The van der Waals surface area contributed by atoms with E-state index in [0.717, 1.165) is 6.07 Å². The van der Waals surface area contributed by atoms with Gasteiger partial charge in [-0.3, -0.25) is 0 Å². The third-order valence-electron chi connectivity index (χ3n) is 1.99. The lowest BCUT2D eigenvalue weighted by molar-refractivity contribution is 0.0696. The molecule has 1 aromatic carbocycles. The van der Waals surface area contributed by atoms with Crippen molar-refractivity contribution >= 4 is 21.9 Å². The van der Waals surface area contributed by atoms with Gasteiger partial charge in [0.2, 0.25) is 0 Å². The summed E-state index contributed by atoms with van der Waals surface area (Å²) in [6, 6.07) is 3.67. The minimum absolute atomic E-state index is 0.0903. The van der Waals surface area contributed by atoms with Gasteiger partial charge in [0.15, 0.2) is 0 Å². The van der Waals surface area contributed by atoms with Crippen molar-refractivity contribution in [3.8, 4) is 5.69 Å². The Labute approximate surface area is 98.4 Å². The Morgan fingerprint density at radius 3 is 2.75 bits per heavy atom. The van der Waals surface area contributed by atoms with E-state index in [4.69, 9.17) is 5.11 Å². The van der Waals surface area contributed by atoms with Gasteiger partial charge in [-0.15, -0.1) is 0 Å². The van der Waals surface area contributed by atoms with Crippen LogP contribution < -0.4 is 0 Å². The molecule has 2 rings (SSSR count). The number of aromatic nitrogens is 2. The number of hydrogen-bond donors (Lipinski definition) is 1. The van der Waals surface area contributed by atoms with E-state index in [-0.39, 0.29) is 11.3 Å². The number of carbonyl (C=O) groups is 1. The summed E-state index contributed by atoms with van der Waals surface area (Å²) in [5, 5.41) is 12.6. The number of rotatable bonds is 2. The van der Waals surface area contributed by atoms with Gasteiger partial charge in [-0.1, -0.05) is 0 Å². The van der Waals surface area contributed by atoms with E-state index in [2.05, 4.69) is 21.0 Å². The lowest BCUT2D eigenvalue weighted by Gasteiger charge is -2.03. The molecule has 1 N–H and O–H groups in total. The molecule has 0 saturated carbocycles. The molecule has 0 aliphatic heterocycles. The quantitative estimate of drug-likeness (QED) is 0.922. The van der Waals surface area contributed by atoms with Gasteiger partial charge in [-0.25, -0.2) is 13.9 Å². The lowest BCUT2D eigenvalue weighted by atomic mass is 10.2. The number of aromatic carboxylic acids is 1. The first kappa shape index (κ1) is 10.8. The molecule has 0 spiro atoms. The lowest BCUT2D eigenvalue weighted by Crippen LogP contribution is -2.02. The Hall–Kier alpha value is -1.69. The number of benzene rings is 1. The number of nitrogens with zero attached hydrogens (tertiary/aromatic N) is 2. The fourth-order valence-corrected chi connectivity index (χ4v) is 1.54. The number of carboxylic acids is 1. The highest BCUT2D eigenvalue weighted by Crippen LogP contribution is 2.17. The molecule has 1 heterocycles.